The van der Waals surface area contributed by atoms with Gasteiger partial charge in [0.1, 0.15) is 11.9 Å². The summed E-state index contributed by atoms with van der Waals surface area (Å²) in [6, 6.07) is 3.49. The van der Waals surface area contributed by atoms with Crippen LogP contribution in [0.1, 0.15) is 12.5 Å². The van der Waals surface area contributed by atoms with Crippen LogP contribution in [0.25, 0.3) is 0 Å². The maximum atomic E-state index is 6.09. The summed E-state index contributed by atoms with van der Waals surface area (Å²) in [4.78, 5) is 0. The van der Waals surface area contributed by atoms with Gasteiger partial charge in [-0.1, -0.05) is 35.9 Å². The minimum Gasteiger partial charge on any atom is -0.485 e. The van der Waals surface area contributed by atoms with E-state index >= 15 is 0 Å². The van der Waals surface area contributed by atoms with Crippen LogP contribution >= 0.6 is 23.2 Å². The standard InChI is InChI=1S/C12H15Cl2NO/c1-3-8(2)16-12-9(4-5-15)6-10(13)7-11(12)14/h3,6-8H,1,4-5,15H2,2H3. The molecule has 0 bridgehead atoms. The van der Waals surface area contributed by atoms with E-state index < -0.39 is 0 Å². The summed E-state index contributed by atoms with van der Waals surface area (Å²) >= 11 is 12.0. The monoisotopic (exact) mass is 259 g/mol. The van der Waals surface area contributed by atoms with Gasteiger partial charge in [0.2, 0.25) is 0 Å². The molecule has 2 N–H and O–H groups in total. The normalized spacial score (nSPS) is 12.2. The van der Waals surface area contributed by atoms with Gasteiger partial charge in [0.15, 0.2) is 0 Å². The van der Waals surface area contributed by atoms with Crippen LogP contribution in [0.4, 0.5) is 0 Å². The Kier molecular flexibility index (Phi) is 5.13. The highest BCUT2D eigenvalue weighted by Gasteiger charge is 2.12. The topological polar surface area (TPSA) is 35.2 Å². The van der Waals surface area contributed by atoms with Gasteiger partial charge in [-0.2, -0.15) is 0 Å². The Bertz CT molecular complexity index is 380. The predicted octanol–water partition coefficient (Wildman–Crippen LogP) is 3.45. The summed E-state index contributed by atoms with van der Waals surface area (Å²) in [6.45, 7) is 6.08. The van der Waals surface area contributed by atoms with Gasteiger partial charge in [0.25, 0.3) is 0 Å². The Hall–Kier alpha value is -0.700. The fraction of sp³-hybridized carbons (Fsp3) is 0.333. The van der Waals surface area contributed by atoms with Crippen LogP contribution in [0.2, 0.25) is 10.0 Å². The third kappa shape index (κ3) is 3.41. The van der Waals surface area contributed by atoms with Crippen molar-refractivity contribution in [2.45, 2.75) is 19.4 Å². The predicted molar refractivity (Wildman–Crippen MR) is 69.5 cm³/mol. The van der Waals surface area contributed by atoms with Crippen molar-refractivity contribution in [3.05, 3.63) is 40.4 Å². The number of hydrogen-bond acceptors (Lipinski definition) is 2. The first-order valence-corrected chi connectivity index (χ1v) is 5.81. The summed E-state index contributed by atoms with van der Waals surface area (Å²) in [5.41, 5.74) is 6.46. The van der Waals surface area contributed by atoms with Crippen molar-refractivity contribution in [1.82, 2.24) is 0 Å². The first-order valence-electron chi connectivity index (χ1n) is 5.05. The van der Waals surface area contributed by atoms with Gasteiger partial charge in [-0.05, 0) is 37.6 Å². The molecule has 1 rings (SSSR count). The molecule has 0 spiro atoms. The lowest BCUT2D eigenvalue weighted by Gasteiger charge is -2.16. The highest BCUT2D eigenvalue weighted by atomic mass is 35.5. The molecule has 0 aliphatic rings. The highest BCUT2D eigenvalue weighted by molar-refractivity contribution is 6.35. The van der Waals surface area contributed by atoms with Gasteiger partial charge in [0.05, 0.1) is 5.02 Å². The first kappa shape index (κ1) is 13.4. The number of benzene rings is 1. The van der Waals surface area contributed by atoms with Gasteiger partial charge in [-0.3, -0.25) is 0 Å². The van der Waals surface area contributed by atoms with Crippen LogP contribution in [0.5, 0.6) is 5.75 Å². The smallest absolute Gasteiger partial charge is 0.142 e. The van der Waals surface area contributed by atoms with Crippen molar-refractivity contribution in [3.63, 3.8) is 0 Å². The van der Waals surface area contributed by atoms with Crippen LogP contribution in [0.15, 0.2) is 24.8 Å². The molecule has 0 radical (unpaired) electrons. The maximum absolute atomic E-state index is 6.09. The van der Waals surface area contributed by atoms with Gasteiger partial charge < -0.3 is 10.5 Å². The van der Waals surface area contributed by atoms with E-state index in [0.29, 0.717) is 28.8 Å². The second-order valence-electron chi connectivity index (χ2n) is 3.47. The molecule has 0 saturated carbocycles. The number of hydrogen-bond donors (Lipinski definition) is 1. The van der Waals surface area contributed by atoms with E-state index in [1.54, 1.807) is 12.1 Å². The molecular formula is C12H15Cl2NO. The lowest BCUT2D eigenvalue weighted by molar-refractivity contribution is 0.267. The Morgan fingerprint density at radius 2 is 2.19 bits per heavy atom. The van der Waals surface area contributed by atoms with Gasteiger partial charge in [-0.25, -0.2) is 0 Å². The molecule has 0 aliphatic carbocycles. The summed E-state index contributed by atoms with van der Waals surface area (Å²) in [6.07, 6.45) is 2.28. The second kappa shape index (κ2) is 6.14. The van der Waals surface area contributed by atoms with E-state index in [4.69, 9.17) is 33.7 Å². The lowest BCUT2D eigenvalue weighted by atomic mass is 10.1. The number of halogens is 2. The summed E-state index contributed by atoms with van der Waals surface area (Å²) in [5, 5.41) is 1.09. The summed E-state index contributed by atoms with van der Waals surface area (Å²) < 4.78 is 5.67. The van der Waals surface area contributed by atoms with Gasteiger partial charge in [0, 0.05) is 5.02 Å². The first-order chi connectivity index (χ1) is 7.58. The molecule has 4 heteroatoms. The zero-order valence-corrected chi connectivity index (χ0v) is 10.7. The minimum absolute atomic E-state index is 0.102. The quantitative estimate of drug-likeness (QED) is 0.823. The SMILES string of the molecule is C=CC(C)Oc1c(Cl)cc(Cl)cc1CCN. The number of rotatable bonds is 5. The molecule has 1 aromatic carbocycles. The van der Waals surface area contributed by atoms with E-state index in [1.807, 2.05) is 13.0 Å². The molecule has 0 fully saturated rings. The molecule has 16 heavy (non-hydrogen) atoms. The molecule has 0 aromatic heterocycles. The fourth-order valence-corrected chi connectivity index (χ4v) is 1.90. The van der Waals surface area contributed by atoms with Crippen molar-refractivity contribution in [1.29, 1.82) is 0 Å². The molecule has 2 nitrogen and oxygen atoms in total. The average molecular weight is 260 g/mol. The zero-order valence-electron chi connectivity index (χ0n) is 9.17. The van der Waals surface area contributed by atoms with Crippen molar-refractivity contribution in [3.8, 4) is 5.75 Å². The third-order valence-electron chi connectivity index (χ3n) is 2.13. The van der Waals surface area contributed by atoms with E-state index in [1.165, 1.54) is 0 Å². The molecule has 1 unspecified atom stereocenters. The summed E-state index contributed by atoms with van der Waals surface area (Å²) in [7, 11) is 0. The fourth-order valence-electron chi connectivity index (χ4n) is 1.32. The van der Waals surface area contributed by atoms with Crippen LogP contribution in [-0.4, -0.2) is 12.6 Å². The number of nitrogens with two attached hydrogens (primary N) is 1. The Morgan fingerprint density at radius 3 is 2.75 bits per heavy atom. The average Bonchev–Trinajstić information content (AvgIpc) is 2.23. The molecule has 0 aliphatic heterocycles. The molecule has 0 heterocycles. The van der Waals surface area contributed by atoms with Gasteiger partial charge >= 0.3 is 0 Å². The highest BCUT2D eigenvalue weighted by Crippen LogP contribution is 2.33. The van der Waals surface area contributed by atoms with Crippen LogP contribution in [-0.2, 0) is 6.42 Å². The molecule has 1 atom stereocenters. The lowest BCUT2D eigenvalue weighted by Crippen LogP contribution is -2.11. The zero-order chi connectivity index (χ0) is 12.1. The molecule has 0 amide bonds. The van der Waals surface area contributed by atoms with E-state index in [0.717, 1.165) is 5.56 Å². The third-order valence-corrected chi connectivity index (χ3v) is 2.63. The van der Waals surface area contributed by atoms with Crippen LogP contribution in [0.3, 0.4) is 0 Å². The molecule has 1 aromatic rings. The second-order valence-corrected chi connectivity index (χ2v) is 4.32. The van der Waals surface area contributed by atoms with Crippen LogP contribution < -0.4 is 10.5 Å². The number of ether oxygens (including phenoxy) is 1. The Balaban J connectivity index is 3.07. The summed E-state index contributed by atoms with van der Waals surface area (Å²) in [5.74, 6) is 0.643. The van der Waals surface area contributed by atoms with Crippen molar-refractivity contribution in [2.75, 3.05) is 6.54 Å². The van der Waals surface area contributed by atoms with Crippen molar-refractivity contribution in [2.24, 2.45) is 5.73 Å². The largest absolute Gasteiger partial charge is 0.485 e. The van der Waals surface area contributed by atoms with E-state index in [2.05, 4.69) is 6.58 Å². The van der Waals surface area contributed by atoms with Crippen LogP contribution in [0, 0.1) is 0 Å². The Morgan fingerprint density at radius 1 is 1.50 bits per heavy atom. The molecule has 0 saturated heterocycles. The maximum Gasteiger partial charge on any atom is 0.142 e. The van der Waals surface area contributed by atoms with Gasteiger partial charge in [-0.15, -0.1) is 0 Å². The molecule has 88 valence electrons. The van der Waals surface area contributed by atoms with E-state index in [-0.39, 0.29) is 6.10 Å². The molecular weight excluding hydrogens is 245 g/mol. The Labute approximate surface area is 106 Å². The van der Waals surface area contributed by atoms with E-state index in [9.17, 15) is 0 Å². The van der Waals surface area contributed by atoms with Crippen molar-refractivity contribution >= 4 is 23.2 Å². The van der Waals surface area contributed by atoms with Crippen molar-refractivity contribution < 1.29 is 4.74 Å². The minimum atomic E-state index is -0.102.